The van der Waals surface area contributed by atoms with Crippen LogP contribution in [-0.2, 0) is 15.0 Å². The molecule has 1 aliphatic heterocycles. The number of carbonyl (C=O) groups excluding carboxylic acids is 2. The van der Waals surface area contributed by atoms with Crippen LogP contribution in [0.4, 0.5) is 5.69 Å². The fourth-order valence-corrected chi connectivity index (χ4v) is 5.14. The second-order valence-electron chi connectivity index (χ2n) is 7.50. The molecule has 1 aliphatic carbocycles. The van der Waals surface area contributed by atoms with Gasteiger partial charge < -0.3 is 5.32 Å². The first-order valence-electron chi connectivity index (χ1n) is 8.88. The molecular formula is C22H19BrClNO2. The van der Waals surface area contributed by atoms with Crippen molar-refractivity contribution in [2.45, 2.75) is 31.1 Å². The highest BCUT2D eigenvalue weighted by Gasteiger charge is 2.57. The number of allylic oxidation sites excluding steroid dienone is 1. The van der Waals surface area contributed by atoms with Gasteiger partial charge in [0, 0.05) is 33.4 Å². The summed E-state index contributed by atoms with van der Waals surface area (Å²) in [5.74, 6) is -0.502. The lowest BCUT2D eigenvalue weighted by Gasteiger charge is -2.43. The van der Waals surface area contributed by atoms with Gasteiger partial charge in [-0.1, -0.05) is 57.9 Å². The molecule has 5 heteroatoms. The third-order valence-corrected chi connectivity index (χ3v) is 6.60. The second kappa shape index (κ2) is 6.61. The Balaban J connectivity index is 1.94. The van der Waals surface area contributed by atoms with Gasteiger partial charge in [0.1, 0.15) is 5.78 Å². The van der Waals surface area contributed by atoms with E-state index < -0.39 is 5.41 Å². The van der Waals surface area contributed by atoms with E-state index in [1.165, 1.54) is 0 Å². The van der Waals surface area contributed by atoms with E-state index in [1.807, 2.05) is 43.3 Å². The van der Waals surface area contributed by atoms with Crippen LogP contribution in [0.15, 0.2) is 59.1 Å². The average molecular weight is 445 g/mol. The number of halogens is 2. The number of hydrogen-bond acceptors (Lipinski definition) is 2. The molecular weight excluding hydrogens is 426 g/mol. The van der Waals surface area contributed by atoms with Crippen LogP contribution in [0.1, 0.15) is 36.8 Å². The summed E-state index contributed by atoms with van der Waals surface area (Å²) in [6.45, 7) is 5.88. The molecule has 2 aliphatic rings. The maximum Gasteiger partial charge on any atom is 0.235 e. The zero-order valence-corrected chi connectivity index (χ0v) is 17.2. The fourth-order valence-electron chi connectivity index (χ4n) is 4.58. The van der Waals surface area contributed by atoms with Crippen LogP contribution in [0.3, 0.4) is 0 Å². The first-order chi connectivity index (χ1) is 12.8. The van der Waals surface area contributed by atoms with Crippen molar-refractivity contribution in [1.29, 1.82) is 0 Å². The number of rotatable bonds is 2. The van der Waals surface area contributed by atoms with Gasteiger partial charge in [0.2, 0.25) is 5.91 Å². The molecule has 0 aromatic heterocycles. The van der Waals surface area contributed by atoms with E-state index in [4.69, 9.17) is 11.6 Å². The maximum absolute atomic E-state index is 13.4. The Morgan fingerprint density at radius 1 is 1.26 bits per heavy atom. The molecule has 3 atom stereocenters. The summed E-state index contributed by atoms with van der Waals surface area (Å²) in [5.41, 5.74) is 2.66. The lowest BCUT2D eigenvalue weighted by molar-refractivity contribution is -0.130. The lowest BCUT2D eigenvalue weighted by Crippen LogP contribution is -2.48. The highest BCUT2D eigenvalue weighted by molar-refractivity contribution is 9.10. The van der Waals surface area contributed by atoms with E-state index in [-0.39, 0.29) is 23.5 Å². The Morgan fingerprint density at radius 2 is 2.04 bits per heavy atom. The number of ketones is 1. The molecule has 0 bridgehead atoms. The van der Waals surface area contributed by atoms with Crippen LogP contribution < -0.4 is 5.32 Å². The van der Waals surface area contributed by atoms with Crippen LogP contribution in [0, 0.1) is 5.92 Å². The van der Waals surface area contributed by atoms with Gasteiger partial charge >= 0.3 is 0 Å². The van der Waals surface area contributed by atoms with Crippen molar-refractivity contribution < 1.29 is 9.59 Å². The minimum absolute atomic E-state index is 0.0562. The van der Waals surface area contributed by atoms with Crippen LogP contribution in [0.2, 0.25) is 5.02 Å². The number of fused-ring (bicyclic) bond motifs is 2. The predicted molar refractivity (Wildman–Crippen MR) is 111 cm³/mol. The van der Waals surface area contributed by atoms with Gasteiger partial charge in [0.05, 0.1) is 5.41 Å². The molecule has 1 saturated carbocycles. The third-order valence-electron chi connectivity index (χ3n) is 5.88. The number of anilines is 1. The molecule has 1 amide bonds. The van der Waals surface area contributed by atoms with Crippen LogP contribution >= 0.6 is 27.5 Å². The van der Waals surface area contributed by atoms with Gasteiger partial charge in [-0.15, -0.1) is 0 Å². The average Bonchev–Trinajstić information content (AvgIpc) is 2.87. The van der Waals surface area contributed by atoms with E-state index in [2.05, 4.69) is 27.8 Å². The van der Waals surface area contributed by atoms with Crippen molar-refractivity contribution in [3.8, 4) is 0 Å². The number of nitrogens with one attached hydrogen (secondary N) is 1. The number of benzene rings is 2. The summed E-state index contributed by atoms with van der Waals surface area (Å²) in [6.07, 6.45) is 0.722. The van der Waals surface area contributed by atoms with Crippen molar-refractivity contribution >= 4 is 44.9 Å². The van der Waals surface area contributed by atoms with Crippen molar-refractivity contribution in [1.82, 2.24) is 0 Å². The third kappa shape index (κ3) is 2.86. The molecule has 4 rings (SSSR count). The topological polar surface area (TPSA) is 46.2 Å². The Labute approximate surface area is 171 Å². The van der Waals surface area contributed by atoms with Crippen molar-refractivity contribution in [3.05, 3.63) is 75.2 Å². The van der Waals surface area contributed by atoms with E-state index in [0.717, 1.165) is 26.9 Å². The number of carbonyl (C=O) groups is 2. The van der Waals surface area contributed by atoms with E-state index >= 15 is 0 Å². The smallest absolute Gasteiger partial charge is 0.235 e. The molecule has 1 N–H and O–H groups in total. The highest BCUT2D eigenvalue weighted by Crippen LogP contribution is 2.56. The first-order valence-corrected chi connectivity index (χ1v) is 10.0. The Hall–Kier alpha value is -1.91. The van der Waals surface area contributed by atoms with Gasteiger partial charge in [0.25, 0.3) is 0 Å². The fraction of sp³-hybridized carbons (Fsp3) is 0.273. The predicted octanol–water partition coefficient (Wildman–Crippen LogP) is 5.63. The summed E-state index contributed by atoms with van der Waals surface area (Å²) in [5, 5.41) is 3.65. The van der Waals surface area contributed by atoms with Gasteiger partial charge in [-0.3, -0.25) is 9.59 Å². The summed E-state index contributed by atoms with van der Waals surface area (Å²) in [7, 11) is 0. The first kappa shape index (κ1) is 18.5. The van der Waals surface area contributed by atoms with E-state index in [1.54, 1.807) is 6.07 Å². The Bertz CT molecular complexity index is 986. The van der Waals surface area contributed by atoms with Crippen LogP contribution in [-0.4, -0.2) is 11.7 Å². The molecule has 2 aromatic rings. The second-order valence-corrected chi connectivity index (χ2v) is 8.85. The SMILES string of the molecule is C=C(C)C1CC2(C(=O)Nc3cc(Br)ccc32)C(c2cccc(Cl)c2)CC1=O. The standard InChI is InChI=1S/C22H19BrClNO2/c1-12(2)16-11-22(17-7-6-14(23)9-19(17)25-21(22)27)18(10-20(16)26)13-4-3-5-15(24)8-13/h3-9,16,18H,1,10-11H2,2H3,(H,25,27). The zero-order chi connectivity index (χ0) is 19.3. The number of amides is 1. The van der Waals surface area contributed by atoms with Crippen molar-refractivity contribution in [3.63, 3.8) is 0 Å². The summed E-state index contributed by atoms with van der Waals surface area (Å²) >= 11 is 9.70. The molecule has 1 fully saturated rings. The van der Waals surface area contributed by atoms with Gasteiger partial charge in [-0.05, 0) is 48.7 Å². The van der Waals surface area contributed by atoms with E-state index in [9.17, 15) is 9.59 Å². The minimum atomic E-state index is -0.807. The van der Waals surface area contributed by atoms with Crippen LogP contribution in [0.25, 0.3) is 0 Å². The molecule has 1 heterocycles. The van der Waals surface area contributed by atoms with Crippen molar-refractivity contribution in [2.75, 3.05) is 5.32 Å². The van der Waals surface area contributed by atoms with Gasteiger partial charge in [-0.25, -0.2) is 0 Å². The normalized spacial score (nSPS) is 26.8. The van der Waals surface area contributed by atoms with Crippen LogP contribution in [0.5, 0.6) is 0 Å². The highest BCUT2D eigenvalue weighted by atomic mass is 79.9. The summed E-state index contributed by atoms with van der Waals surface area (Å²) < 4.78 is 0.904. The monoisotopic (exact) mass is 443 g/mol. The molecule has 2 aromatic carbocycles. The largest absolute Gasteiger partial charge is 0.325 e. The lowest BCUT2D eigenvalue weighted by atomic mass is 9.57. The molecule has 1 spiro atoms. The maximum atomic E-state index is 13.4. The quantitative estimate of drug-likeness (QED) is 0.610. The zero-order valence-electron chi connectivity index (χ0n) is 14.9. The Kier molecular flexibility index (Phi) is 4.52. The van der Waals surface area contributed by atoms with E-state index in [0.29, 0.717) is 17.9 Å². The molecule has 0 radical (unpaired) electrons. The summed E-state index contributed by atoms with van der Waals surface area (Å²) in [4.78, 5) is 26.2. The Morgan fingerprint density at radius 3 is 2.74 bits per heavy atom. The molecule has 0 saturated heterocycles. The number of Topliss-reactive ketones (excluding diaryl/α,β-unsaturated/α-hetero) is 1. The van der Waals surface area contributed by atoms with Crippen molar-refractivity contribution in [2.24, 2.45) is 5.92 Å². The number of hydrogen-bond donors (Lipinski definition) is 1. The molecule has 3 nitrogen and oxygen atoms in total. The van der Waals surface area contributed by atoms with Gasteiger partial charge in [-0.2, -0.15) is 0 Å². The summed E-state index contributed by atoms with van der Waals surface area (Å²) in [6, 6.07) is 13.4. The van der Waals surface area contributed by atoms with Gasteiger partial charge in [0.15, 0.2) is 0 Å². The molecule has 138 valence electrons. The molecule has 27 heavy (non-hydrogen) atoms. The minimum Gasteiger partial charge on any atom is -0.325 e. The molecule has 3 unspecified atom stereocenters.